The molecule has 0 saturated heterocycles. The van der Waals surface area contributed by atoms with Crippen LogP contribution in [0.25, 0.3) is 0 Å². The first-order valence-corrected chi connectivity index (χ1v) is 7.23. The minimum absolute atomic E-state index is 0.797. The normalized spacial score (nSPS) is 10.5. The number of thioether (sulfide) groups is 1. The van der Waals surface area contributed by atoms with E-state index in [0.29, 0.717) is 0 Å². The largest absolute Gasteiger partial charge is 0.398 e. The van der Waals surface area contributed by atoms with Gasteiger partial charge in [0.2, 0.25) is 0 Å². The zero-order valence-electron chi connectivity index (χ0n) is 8.99. The van der Waals surface area contributed by atoms with E-state index < -0.39 is 0 Å². The van der Waals surface area contributed by atoms with Crippen molar-refractivity contribution in [2.45, 2.75) is 10.6 Å². The Morgan fingerprint density at radius 1 is 1.18 bits per heavy atom. The summed E-state index contributed by atoms with van der Waals surface area (Å²) < 4.78 is 1.04. The molecule has 0 fully saturated rings. The molecule has 2 aromatic rings. The number of halogens is 2. The molecule has 88 valence electrons. The van der Waals surface area contributed by atoms with Crippen molar-refractivity contribution >= 4 is 45.0 Å². The molecule has 0 bridgehead atoms. The van der Waals surface area contributed by atoms with Gasteiger partial charge in [-0.15, -0.1) is 11.8 Å². The zero-order chi connectivity index (χ0) is 12.3. The Hall–Kier alpha value is -0.640. The third-order valence-electron chi connectivity index (χ3n) is 2.32. The van der Waals surface area contributed by atoms with Crippen molar-refractivity contribution in [2.75, 3.05) is 5.73 Å². The lowest BCUT2D eigenvalue weighted by Gasteiger charge is -2.07. The molecule has 2 aromatic carbocycles. The minimum Gasteiger partial charge on any atom is -0.398 e. The van der Waals surface area contributed by atoms with Crippen LogP contribution in [0.1, 0.15) is 5.56 Å². The van der Waals surface area contributed by atoms with Crippen molar-refractivity contribution in [3.8, 4) is 0 Å². The second-order valence-electron chi connectivity index (χ2n) is 3.56. The molecule has 0 saturated carbocycles. The number of anilines is 1. The Kier molecular flexibility index (Phi) is 4.37. The van der Waals surface area contributed by atoms with E-state index in [4.69, 9.17) is 17.3 Å². The highest BCUT2D eigenvalue weighted by Gasteiger charge is 2.04. The van der Waals surface area contributed by atoms with Crippen LogP contribution in [0, 0.1) is 0 Å². The SMILES string of the molecule is Nc1ccc(Br)cc1SCc1ccccc1Cl. The lowest BCUT2D eigenvalue weighted by atomic mass is 10.2. The molecule has 0 radical (unpaired) electrons. The van der Waals surface area contributed by atoms with Crippen molar-refractivity contribution in [1.82, 2.24) is 0 Å². The summed E-state index contributed by atoms with van der Waals surface area (Å²) in [5, 5.41) is 0.800. The highest BCUT2D eigenvalue weighted by molar-refractivity contribution is 9.10. The first-order valence-electron chi connectivity index (χ1n) is 5.08. The van der Waals surface area contributed by atoms with Crippen molar-refractivity contribution < 1.29 is 0 Å². The van der Waals surface area contributed by atoms with Gasteiger partial charge < -0.3 is 5.73 Å². The van der Waals surface area contributed by atoms with Gasteiger partial charge in [0.25, 0.3) is 0 Å². The van der Waals surface area contributed by atoms with Crippen LogP contribution in [-0.4, -0.2) is 0 Å². The standard InChI is InChI=1S/C13H11BrClNS/c14-10-5-6-12(16)13(7-10)17-8-9-3-1-2-4-11(9)15/h1-7H,8,16H2. The molecule has 0 aromatic heterocycles. The number of nitrogens with two attached hydrogens (primary N) is 1. The van der Waals surface area contributed by atoms with Crippen LogP contribution in [0.4, 0.5) is 5.69 Å². The summed E-state index contributed by atoms with van der Waals surface area (Å²) in [6.45, 7) is 0. The minimum atomic E-state index is 0.797. The predicted molar refractivity (Wildman–Crippen MR) is 79.6 cm³/mol. The first-order chi connectivity index (χ1) is 8.16. The summed E-state index contributed by atoms with van der Waals surface area (Å²) in [6, 6.07) is 13.7. The molecule has 0 aliphatic carbocycles. The van der Waals surface area contributed by atoms with E-state index in [-0.39, 0.29) is 0 Å². The topological polar surface area (TPSA) is 26.0 Å². The van der Waals surface area contributed by atoms with Crippen LogP contribution in [0.2, 0.25) is 5.02 Å². The van der Waals surface area contributed by atoms with Gasteiger partial charge >= 0.3 is 0 Å². The average Bonchev–Trinajstić information content (AvgIpc) is 2.32. The van der Waals surface area contributed by atoms with Gasteiger partial charge in [-0.3, -0.25) is 0 Å². The maximum atomic E-state index is 6.11. The molecule has 0 amide bonds. The van der Waals surface area contributed by atoms with E-state index in [1.165, 1.54) is 0 Å². The highest BCUT2D eigenvalue weighted by atomic mass is 79.9. The van der Waals surface area contributed by atoms with Crippen LogP contribution in [0.15, 0.2) is 51.8 Å². The maximum Gasteiger partial charge on any atom is 0.0453 e. The number of rotatable bonds is 3. The summed E-state index contributed by atoms with van der Waals surface area (Å²) >= 11 is 11.2. The fourth-order valence-electron chi connectivity index (χ4n) is 1.40. The summed E-state index contributed by atoms with van der Waals surface area (Å²) in [5.41, 5.74) is 7.84. The number of benzene rings is 2. The van der Waals surface area contributed by atoms with Gasteiger partial charge in [0.1, 0.15) is 0 Å². The molecule has 1 nitrogen and oxygen atoms in total. The Bertz CT molecular complexity index is 531. The summed E-state index contributed by atoms with van der Waals surface area (Å²) in [6.07, 6.45) is 0. The number of hydrogen-bond donors (Lipinski definition) is 1. The van der Waals surface area contributed by atoms with E-state index in [1.807, 2.05) is 42.5 Å². The van der Waals surface area contributed by atoms with Gasteiger partial charge in [-0.2, -0.15) is 0 Å². The van der Waals surface area contributed by atoms with Crippen LogP contribution < -0.4 is 5.73 Å². The summed E-state index contributed by atoms with van der Waals surface area (Å²) in [4.78, 5) is 1.07. The van der Waals surface area contributed by atoms with Gasteiger partial charge in [0.15, 0.2) is 0 Å². The lowest BCUT2D eigenvalue weighted by molar-refractivity contribution is 1.37. The Morgan fingerprint density at radius 3 is 2.71 bits per heavy atom. The van der Waals surface area contributed by atoms with Crippen molar-refractivity contribution in [3.63, 3.8) is 0 Å². The molecule has 0 atom stereocenters. The second kappa shape index (κ2) is 5.80. The van der Waals surface area contributed by atoms with Gasteiger partial charge in [0.05, 0.1) is 0 Å². The lowest BCUT2D eigenvalue weighted by Crippen LogP contribution is -1.89. The molecular weight excluding hydrogens is 318 g/mol. The van der Waals surface area contributed by atoms with E-state index in [2.05, 4.69) is 15.9 Å². The molecule has 0 aliphatic heterocycles. The summed E-state index contributed by atoms with van der Waals surface area (Å²) in [5.74, 6) is 0.820. The molecule has 0 aliphatic rings. The molecule has 2 N–H and O–H groups in total. The molecule has 2 rings (SSSR count). The zero-order valence-corrected chi connectivity index (χ0v) is 12.1. The van der Waals surface area contributed by atoms with Gasteiger partial charge in [-0.25, -0.2) is 0 Å². The number of nitrogen functional groups attached to an aromatic ring is 1. The van der Waals surface area contributed by atoms with Crippen molar-refractivity contribution in [2.24, 2.45) is 0 Å². The third-order valence-corrected chi connectivity index (χ3v) is 4.30. The van der Waals surface area contributed by atoms with Gasteiger partial charge in [-0.1, -0.05) is 45.7 Å². The molecular formula is C13H11BrClNS. The van der Waals surface area contributed by atoms with Crippen molar-refractivity contribution in [1.29, 1.82) is 0 Å². The van der Waals surface area contributed by atoms with E-state index in [9.17, 15) is 0 Å². The quantitative estimate of drug-likeness (QED) is 0.635. The Labute approximate surface area is 118 Å². The Balaban J connectivity index is 2.12. The third kappa shape index (κ3) is 3.41. The van der Waals surface area contributed by atoms with E-state index in [0.717, 1.165) is 31.4 Å². The molecule has 17 heavy (non-hydrogen) atoms. The number of hydrogen-bond acceptors (Lipinski definition) is 2. The first kappa shape index (κ1) is 12.8. The predicted octanol–water partition coefficient (Wildman–Crippen LogP) is 4.98. The second-order valence-corrected chi connectivity index (χ2v) is 5.90. The van der Waals surface area contributed by atoms with E-state index >= 15 is 0 Å². The van der Waals surface area contributed by atoms with Crippen LogP contribution in [-0.2, 0) is 5.75 Å². The monoisotopic (exact) mass is 327 g/mol. The molecule has 0 heterocycles. The maximum absolute atomic E-state index is 6.11. The molecule has 0 spiro atoms. The van der Waals surface area contributed by atoms with Crippen LogP contribution in [0.3, 0.4) is 0 Å². The molecule has 0 unspecified atom stereocenters. The smallest absolute Gasteiger partial charge is 0.0453 e. The van der Waals surface area contributed by atoms with Crippen LogP contribution in [0.5, 0.6) is 0 Å². The van der Waals surface area contributed by atoms with Gasteiger partial charge in [0, 0.05) is 25.8 Å². The Morgan fingerprint density at radius 2 is 1.94 bits per heavy atom. The van der Waals surface area contributed by atoms with Crippen molar-refractivity contribution in [3.05, 3.63) is 57.5 Å². The van der Waals surface area contributed by atoms with Crippen LogP contribution >= 0.6 is 39.3 Å². The molecule has 4 heteroatoms. The van der Waals surface area contributed by atoms with E-state index in [1.54, 1.807) is 11.8 Å². The fourth-order valence-corrected chi connectivity index (χ4v) is 3.21. The fraction of sp³-hybridized carbons (Fsp3) is 0.0769. The highest BCUT2D eigenvalue weighted by Crippen LogP contribution is 2.32. The average molecular weight is 329 g/mol. The summed E-state index contributed by atoms with van der Waals surface area (Å²) in [7, 11) is 0. The van der Waals surface area contributed by atoms with Gasteiger partial charge in [-0.05, 0) is 29.8 Å².